The van der Waals surface area contributed by atoms with Crippen LogP contribution in [0.1, 0.15) is 23.6 Å². The van der Waals surface area contributed by atoms with Crippen LogP contribution in [0.15, 0.2) is 18.2 Å². The molecule has 0 radical (unpaired) electrons. The molecule has 0 fully saturated rings. The molecule has 17 heavy (non-hydrogen) atoms. The highest BCUT2D eigenvalue weighted by Gasteiger charge is 2.12. The highest BCUT2D eigenvalue weighted by molar-refractivity contribution is 7.90. The van der Waals surface area contributed by atoms with Crippen LogP contribution in [-0.4, -0.2) is 27.4 Å². The van der Waals surface area contributed by atoms with Gasteiger partial charge in [-0.25, -0.2) is 8.42 Å². The predicted molar refractivity (Wildman–Crippen MR) is 69.9 cm³/mol. The van der Waals surface area contributed by atoms with Crippen molar-refractivity contribution in [2.75, 3.05) is 19.0 Å². The van der Waals surface area contributed by atoms with Gasteiger partial charge in [0.2, 0.25) is 0 Å². The lowest BCUT2D eigenvalue weighted by atomic mass is 10.1. The Balaban J connectivity index is 2.69. The summed E-state index contributed by atoms with van der Waals surface area (Å²) in [7, 11) is -3.07. The molecule has 0 aliphatic heterocycles. The Morgan fingerprint density at radius 2 is 1.71 bits per heavy atom. The third-order valence-electron chi connectivity index (χ3n) is 2.41. The van der Waals surface area contributed by atoms with Gasteiger partial charge in [0.15, 0.2) is 9.84 Å². The second-order valence-corrected chi connectivity index (χ2v) is 6.47. The van der Waals surface area contributed by atoms with Crippen molar-refractivity contribution in [3.05, 3.63) is 34.9 Å². The van der Waals surface area contributed by atoms with E-state index >= 15 is 0 Å². The Morgan fingerprint density at radius 3 is 2.24 bits per heavy atom. The summed E-state index contributed by atoms with van der Waals surface area (Å²) in [5.41, 5.74) is 3.05. The summed E-state index contributed by atoms with van der Waals surface area (Å²) < 4.78 is 28.7. The molecule has 0 bridgehead atoms. The minimum absolute atomic E-state index is 0.0911. The molecule has 1 aromatic carbocycles. The van der Waals surface area contributed by atoms with Gasteiger partial charge in [0, 0.05) is 6.61 Å². The molecular weight excluding hydrogens is 236 g/mol. The van der Waals surface area contributed by atoms with Crippen molar-refractivity contribution < 1.29 is 13.2 Å². The van der Waals surface area contributed by atoms with Gasteiger partial charge in [0.05, 0.1) is 18.1 Å². The zero-order chi connectivity index (χ0) is 12.9. The molecule has 0 saturated heterocycles. The van der Waals surface area contributed by atoms with Crippen molar-refractivity contribution in [2.45, 2.75) is 26.5 Å². The molecule has 0 aromatic heterocycles. The predicted octanol–water partition coefficient (Wildman–Crippen LogP) is 2.25. The fourth-order valence-corrected chi connectivity index (χ4v) is 3.00. The minimum atomic E-state index is -3.07. The van der Waals surface area contributed by atoms with E-state index in [0.29, 0.717) is 6.61 Å². The molecular formula is C13H20O3S. The van der Waals surface area contributed by atoms with E-state index in [2.05, 4.69) is 0 Å². The third-order valence-corrected chi connectivity index (χ3v) is 3.97. The largest absolute Gasteiger partial charge is 0.381 e. The van der Waals surface area contributed by atoms with E-state index in [9.17, 15) is 8.42 Å². The maximum absolute atomic E-state index is 11.8. The highest BCUT2D eigenvalue weighted by atomic mass is 32.2. The van der Waals surface area contributed by atoms with Gasteiger partial charge in [-0.3, -0.25) is 0 Å². The van der Waals surface area contributed by atoms with Crippen LogP contribution in [0, 0.1) is 13.8 Å². The first-order chi connectivity index (χ1) is 7.93. The highest BCUT2D eigenvalue weighted by Crippen LogP contribution is 2.12. The topological polar surface area (TPSA) is 43.4 Å². The van der Waals surface area contributed by atoms with Crippen molar-refractivity contribution in [1.29, 1.82) is 0 Å². The first-order valence-corrected chi connectivity index (χ1v) is 7.60. The van der Waals surface area contributed by atoms with Gasteiger partial charge in [-0.1, -0.05) is 29.3 Å². The number of rotatable bonds is 6. The zero-order valence-corrected chi connectivity index (χ0v) is 11.5. The standard InChI is InChI=1S/C13H20O3S/c1-4-16-5-6-17(14,15)10-13-8-11(2)7-12(3)9-13/h7-9H,4-6,10H2,1-3H3. The van der Waals surface area contributed by atoms with Gasteiger partial charge in [-0.05, 0) is 26.3 Å². The van der Waals surface area contributed by atoms with Crippen molar-refractivity contribution in [1.82, 2.24) is 0 Å². The molecule has 1 aromatic rings. The van der Waals surface area contributed by atoms with E-state index in [1.807, 2.05) is 39.0 Å². The van der Waals surface area contributed by atoms with Crippen LogP contribution in [0.25, 0.3) is 0 Å². The average Bonchev–Trinajstić information content (AvgIpc) is 2.14. The molecule has 0 atom stereocenters. The molecule has 96 valence electrons. The van der Waals surface area contributed by atoms with Crippen LogP contribution < -0.4 is 0 Å². The van der Waals surface area contributed by atoms with E-state index in [1.165, 1.54) is 0 Å². The Kier molecular flexibility index (Phi) is 5.15. The fraction of sp³-hybridized carbons (Fsp3) is 0.538. The van der Waals surface area contributed by atoms with Crippen LogP contribution >= 0.6 is 0 Å². The van der Waals surface area contributed by atoms with Gasteiger partial charge in [-0.15, -0.1) is 0 Å². The summed E-state index contributed by atoms with van der Waals surface area (Å²) in [4.78, 5) is 0. The first kappa shape index (κ1) is 14.2. The molecule has 4 heteroatoms. The van der Waals surface area contributed by atoms with Gasteiger partial charge in [-0.2, -0.15) is 0 Å². The van der Waals surface area contributed by atoms with Crippen LogP contribution in [0.5, 0.6) is 0 Å². The Morgan fingerprint density at radius 1 is 1.12 bits per heavy atom. The molecule has 0 unspecified atom stereocenters. The smallest absolute Gasteiger partial charge is 0.156 e. The number of hydrogen-bond donors (Lipinski definition) is 0. The van der Waals surface area contributed by atoms with Gasteiger partial charge in [0.1, 0.15) is 0 Å². The second kappa shape index (κ2) is 6.17. The second-order valence-electron chi connectivity index (χ2n) is 4.28. The van der Waals surface area contributed by atoms with E-state index < -0.39 is 9.84 Å². The van der Waals surface area contributed by atoms with E-state index in [0.717, 1.165) is 16.7 Å². The summed E-state index contributed by atoms with van der Waals surface area (Å²) in [6, 6.07) is 5.88. The Bertz CT molecular complexity index is 443. The van der Waals surface area contributed by atoms with Crippen molar-refractivity contribution in [3.63, 3.8) is 0 Å². The minimum Gasteiger partial charge on any atom is -0.381 e. The lowest BCUT2D eigenvalue weighted by Gasteiger charge is -2.07. The number of sulfone groups is 1. The normalized spacial score (nSPS) is 11.7. The van der Waals surface area contributed by atoms with Gasteiger partial charge in [0.25, 0.3) is 0 Å². The van der Waals surface area contributed by atoms with E-state index in [-0.39, 0.29) is 18.1 Å². The average molecular weight is 256 g/mol. The third kappa shape index (κ3) is 5.33. The molecule has 0 aliphatic rings. The zero-order valence-electron chi connectivity index (χ0n) is 10.7. The molecule has 3 nitrogen and oxygen atoms in total. The van der Waals surface area contributed by atoms with Crippen molar-refractivity contribution in [2.24, 2.45) is 0 Å². The fourth-order valence-electron chi connectivity index (χ4n) is 1.81. The summed E-state index contributed by atoms with van der Waals surface area (Å²) in [6.45, 7) is 6.64. The number of aryl methyl sites for hydroxylation is 2. The lowest BCUT2D eigenvalue weighted by molar-refractivity contribution is 0.163. The first-order valence-electron chi connectivity index (χ1n) is 5.78. The summed E-state index contributed by atoms with van der Waals surface area (Å²) in [5, 5.41) is 0. The van der Waals surface area contributed by atoms with Crippen LogP contribution in [-0.2, 0) is 20.3 Å². The Labute approximate surface area is 104 Å². The lowest BCUT2D eigenvalue weighted by Crippen LogP contribution is -2.14. The molecule has 1 rings (SSSR count). The van der Waals surface area contributed by atoms with Crippen LogP contribution in [0.2, 0.25) is 0 Å². The maximum Gasteiger partial charge on any atom is 0.156 e. The molecule has 0 aliphatic carbocycles. The summed E-state index contributed by atoms with van der Waals surface area (Å²) in [6.07, 6.45) is 0. The maximum atomic E-state index is 11.8. The quantitative estimate of drug-likeness (QED) is 0.733. The number of ether oxygens (including phenoxy) is 1. The van der Waals surface area contributed by atoms with Gasteiger partial charge < -0.3 is 4.74 Å². The molecule has 0 saturated carbocycles. The van der Waals surface area contributed by atoms with Gasteiger partial charge >= 0.3 is 0 Å². The number of hydrogen-bond acceptors (Lipinski definition) is 3. The van der Waals surface area contributed by atoms with Crippen LogP contribution in [0.3, 0.4) is 0 Å². The molecule has 0 amide bonds. The van der Waals surface area contributed by atoms with Crippen molar-refractivity contribution >= 4 is 9.84 Å². The van der Waals surface area contributed by atoms with E-state index in [1.54, 1.807) is 0 Å². The summed E-state index contributed by atoms with van der Waals surface area (Å²) >= 11 is 0. The van der Waals surface area contributed by atoms with Crippen LogP contribution in [0.4, 0.5) is 0 Å². The van der Waals surface area contributed by atoms with E-state index in [4.69, 9.17) is 4.74 Å². The Hall–Kier alpha value is -0.870. The summed E-state index contributed by atoms with van der Waals surface area (Å²) in [5.74, 6) is 0.191. The monoisotopic (exact) mass is 256 g/mol. The molecule has 0 heterocycles. The SMILES string of the molecule is CCOCCS(=O)(=O)Cc1cc(C)cc(C)c1. The molecule has 0 N–H and O–H groups in total. The van der Waals surface area contributed by atoms with Crippen molar-refractivity contribution in [3.8, 4) is 0 Å². The number of benzene rings is 1. The molecule has 0 spiro atoms.